The fraction of sp³-hybridized carbons (Fsp3) is 0.222. The van der Waals surface area contributed by atoms with Crippen molar-refractivity contribution in [2.24, 2.45) is 0 Å². The van der Waals surface area contributed by atoms with Gasteiger partial charge in [-0.3, -0.25) is 4.79 Å². The van der Waals surface area contributed by atoms with Gasteiger partial charge in [0, 0.05) is 10.9 Å². The Balaban J connectivity index is 1.52. The molecule has 1 N–H and O–H groups in total. The highest BCUT2D eigenvalue weighted by Crippen LogP contribution is 2.34. The number of carbonyl (C=O) groups excluding carboxylic acids is 1. The third-order valence-corrected chi connectivity index (χ3v) is 5.90. The molecule has 0 saturated carbocycles. The van der Waals surface area contributed by atoms with E-state index in [4.69, 9.17) is 9.47 Å². The summed E-state index contributed by atoms with van der Waals surface area (Å²) in [6.45, 7) is 4.06. The van der Waals surface area contributed by atoms with Crippen molar-refractivity contribution in [3.8, 4) is 22.1 Å². The second-order valence-corrected chi connectivity index (χ2v) is 7.53. The molecule has 0 aliphatic carbocycles. The summed E-state index contributed by atoms with van der Waals surface area (Å²) in [5, 5.41) is 7.96. The molecule has 3 heterocycles. The van der Waals surface area contributed by atoms with Crippen molar-refractivity contribution in [2.45, 2.75) is 19.9 Å². The summed E-state index contributed by atoms with van der Waals surface area (Å²) in [6, 6.07) is 7.58. The molecule has 2 aromatic heterocycles. The van der Waals surface area contributed by atoms with Gasteiger partial charge in [0.25, 0.3) is 5.91 Å². The molecule has 128 valence electrons. The van der Waals surface area contributed by atoms with Gasteiger partial charge in [-0.05, 0) is 43.0 Å². The minimum Gasteiger partial charge on any atom is -0.454 e. The predicted molar refractivity (Wildman–Crippen MR) is 98.6 cm³/mol. The third kappa shape index (κ3) is 3.12. The van der Waals surface area contributed by atoms with Crippen molar-refractivity contribution in [3.63, 3.8) is 0 Å². The molecule has 0 spiro atoms. The number of hydrogen-bond acceptors (Lipinski definition) is 6. The first-order chi connectivity index (χ1) is 12.1. The van der Waals surface area contributed by atoms with Gasteiger partial charge in [0.2, 0.25) is 6.79 Å². The Labute approximate surface area is 153 Å². The Morgan fingerprint density at radius 3 is 2.92 bits per heavy atom. The van der Waals surface area contributed by atoms with E-state index in [2.05, 4.69) is 10.3 Å². The van der Waals surface area contributed by atoms with Crippen LogP contribution in [0.5, 0.6) is 11.5 Å². The number of nitrogens with one attached hydrogen (secondary N) is 1. The number of aryl methyl sites for hydroxylation is 1. The Hall–Kier alpha value is -2.38. The fourth-order valence-electron chi connectivity index (χ4n) is 2.64. The van der Waals surface area contributed by atoms with Crippen LogP contribution in [0.25, 0.3) is 10.6 Å². The molecular weight excluding hydrogens is 356 g/mol. The van der Waals surface area contributed by atoms with E-state index in [1.807, 2.05) is 48.9 Å². The number of carbonyl (C=O) groups is 1. The summed E-state index contributed by atoms with van der Waals surface area (Å²) in [5.74, 6) is 1.34. The maximum absolute atomic E-state index is 12.7. The Kier molecular flexibility index (Phi) is 4.19. The van der Waals surface area contributed by atoms with Crippen molar-refractivity contribution in [1.29, 1.82) is 0 Å². The van der Waals surface area contributed by atoms with E-state index in [-0.39, 0.29) is 18.7 Å². The van der Waals surface area contributed by atoms with Gasteiger partial charge in [0.05, 0.1) is 11.7 Å². The topological polar surface area (TPSA) is 60.5 Å². The maximum Gasteiger partial charge on any atom is 0.263 e. The zero-order chi connectivity index (χ0) is 17.4. The third-order valence-electron chi connectivity index (χ3n) is 4.02. The predicted octanol–water partition coefficient (Wildman–Crippen LogP) is 4.40. The largest absolute Gasteiger partial charge is 0.454 e. The van der Waals surface area contributed by atoms with Crippen LogP contribution in [-0.4, -0.2) is 17.7 Å². The molecule has 1 aliphatic heterocycles. The highest BCUT2D eigenvalue weighted by atomic mass is 32.1. The highest BCUT2D eigenvalue weighted by Gasteiger charge is 2.20. The first kappa shape index (κ1) is 16.1. The molecule has 1 atom stereocenters. The molecule has 4 rings (SSSR count). The molecule has 0 fully saturated rings. The van der Waals surface area contributed by atoms with Crippen LogP contribution in [0.3, 0.4) is 0 Å². The van der Waals surface area contributed by atoms with E-state index in [0.29, 0.717) is 10.6 Å². The van der Waals surface area contributed by atoms with Gasteiger partial charge in [-0.25, -0.2) is 4.98 Å². The van der Waals surface area contributed by atoms with E-state index in [0.717, 1.165) is 27.6 Å². The molecule has 7 heteroatoms. The van der Waals surface area contributed by atoms with E-state index in [1.165, 1.54) is 11.3 Å². The lowest BCUT2D eigenvalue weighted by atomic mass is 10.1. The first-order valence-electron chi connectivity index (χ1n) is 7.82. The van der Waals surface area contributed by atoms with Crippen LogP contribution in [0.4, 0.5) is 0 Å². The summed E-state index contributed by atoms with van der Waals surface area (Å²) < 4.78 is 10.7. The molecule has 1 aliphatic rings. The molecule has 5 nitrogen and oxygen atoms in total. The number of hydrogen-bond donors (Lipinski definition) is 1. The van der Waals surface area contributed by atoms with E-state index in [9.17, 15) is 4.79 Å². The van der Waals surface area contributed by atoms with Gasteiger partial charge in [0.1, 0.15) is 9.88 Å². The average Bonchev–Trinajstić information content (AvgIpc) is 3.34. The van der Waals surface area contributed by atoms with Crippen LogP contribution >= 0.6 is 22.7 Å². The molecule has 1 amide bonds. The second kappa shape index (κ2) is 6.50. The molecule has 3 aromatic rings. The summed E-state index contributed by atoms with van der Waals surface area (Å²) in [4.78, 5) is 17.8. The number of aromatic nitrogens is 1. The van der Waals surface area contributed by atoms with E-state index in [1.54, 1.807) is 11.3 Å². The lowest BCUT2D eigenvalue weighted by molar-refractivity contribution is 0.0943. The lowest BCUT2D eigenvalue weighted by Crippen LogP contribution is -2.26. The Morgan fingerprint density at radius 2 is 2.12 bits per heavy atom. The molecule has 0 unspecified atom stereocenters. The minimum atomic E-state index is -0.145. The van der Waals surface area contributed by atoms with Gasteiger partial charge in [0.15, 0.2) is 11.5 Å². The number of benzene rings is 1. The minimum absolute atomic E-state index is 0.110. The van der Waals surface area contributed by atoms with Gasteiger partial charge in [-0.15, -0.1) is 11.3 Å². The van der Waals surface area contributed by atoms with Crippen molar-refractivity contribution in [1.82, 2.24) is 10.3 Å². The number of thiophene rings is 1. The quantitative estimate of drug-likeness (QED) is 0.737. The van der Waals surface area contributed by atoms with Crippen LogP contribution in [0.1, 0.15) is 33.9 Å². The molecule has 1 aromatic carbocycles. The zero-order valence-corrected chi connectivity index (χ0v) is 15.4. The van der Waals surface area contributed by atoms with Gasteiger partial charge < -0.3 is 14.8 Å². The van der Waals surface area contributed by atoms with Crippen molar-refractivity contribution in [2.75, 3.05) is 6.79 Å². The van der Waals surface area contributed by atoms with Crippen molar-refractivity contribution in [3.05, 3.63) is 51.2 Å². The average molecular weight is 372 g/mol. The lowest BCUT2D eigenvalue weighted by Gasteiger charge is -2.14. The summed E-state index contributed by atoms with van der Waals surface area (Å²) in [6.07, 6.45) is 0. The molecule has 0 radical (unpaired) electrons. The van der Waals surface area contributed by atoms with Crippen LogP contribution in [-0.2, 0) is 0 Å². The number of nitrogens with zero attached hydrogens (tertiary/aromatic N) is 1. The number of fused-ring (bicyclic) bond motifs is 1. The van der Waals surface area contributed by atoms with Crippen LogP contribution < -0.4 is 14.8 Å². The van der Waals surface area contributed by atoms with Crippen LogP contribution in [0.15, 0.2) is 35.0 Å². The molecule has 0 bridgehead atoms. The highest BCUT2D eigenvalue weighted by molar-refractivity contribution is 7.17. The van der Waals surface area contributed by atoms with E-state index < -0.39 is 0 Å². The van der Waals surface area contributed by atoms with Gasteiger partial charge in [-0.2, -0.15) is 11.3 Å². The number of amides is 1. The Bertz CT molecular complexity index is 919. The summed E-state index contributed by atoms with van der Waals surface area (Å²) in [7, 11) is 0. The SMILES string of the molecule is Cc1nc(-c2ccsc2)sc1C(=O)N[C@H](C)c1ccc2c(c1)OCO2. The fourth-order valence-corrected chi connectivity index (χ4v) is 4.33. The maximum atomic E-state index is 12.7. The molecule has 0 saturated heterocycles. The second-order valence-electron chi connectivity index (χ2n) is 5.75. The standard InChI is InChI=1S/C18H16N2O3S2/c1-10(12-3-4-14-15(7-12)23-9-22-14)19-17(21)16-11(2)20-18(25-16)13-5-6-24-8-13/h3-8,10H,9H2,1-2H3,(H,19,21)/t10-/m1/s1. The number of ether oxygens (including phenoxy) is 2. The van der Waals surface area contributed by atoms with Crippen LogP contribution in [0, 0.1) is 6.92 Å². The summed E-state index contributed by atoms with van der Waals surface area (Å²) in [5.41, 5.74) is 2.78. The summed E-state index contributed by atoms with van der Waals surface area (Å²) >= 11 is 3.04. The van der Waals surface area contributed by atoms with Crippen molar-refractivity contribution < 1.29 is 14.3 Å². The van der Waals surface area contributed by atoms with E-state index >= 15 is 0 Å². The Morgan fingerprint density at radius 1 is 1.28 bits per heavy atom. The zero-order valence-electron chi connectivity index (χ0n) is 13.7. The monoisotopic (exact) mass is 372 g/mol. The molecule has 25 heavy (non-hydrogen) atoms. The smallest absolute Gasteiger partial charge is 0.263 e. The first-order valence-corrected chi connectivity index (χ1v) is 9.58. The van der Waals surface area contributed by atoms with Crippen LogP contribution in [0.2, 0.25) is 0 Å². The number of rotatable bonds is 4. The van der Waals surface area contributed by atoms with Crippen molar-refractivity contribution >= 4 is 28.6 Å². The van der Waals surface area contributed by atoms with Gasteiger partial charge in [-0.1, -0.05) is 6.07 Å². The normalized spacial score (nSPS) is 13.7. The molecular formula is C18H16N2O3S2. The number of thiazole rings is 1. The van der Waals surface area contributed by atoms with Gasteiger partial charge >= 0.3 is 0 Å².